The molecule has 0 aliphatic rings. The van der Waals surface area contributed by atoms with Crippen molar-refractivity contribution in [1.29, 1.82) is 0 Å². The molecule has 0 saturated carbocycles. The molecule has 174 valence electrons. The van der Waals surface area contributed by atoms with E-state index in [1.54, 1.807) is 66.7 Å². The van der Waals surface area contributed by atoms with Gasteiger partial charge in [0.1, 0.15) is 4.32 Å². The number of phosphoric acid groups is 1. The highest BCUT2D eigenvalue weighted by molar-refractivity contribution is 8.11. The minimum atomic E-state index is -4.55. The highest BCUT2D eigenvalue weighted by Gasteiger charge is 2.36. The van der Waals surface area contributed by atoms with Crippen molar-refractivity contribution in [3.63, 3.8) is 0 Å². The molecule has 0 aliphatic carbocycles. The Balaban J connectivity index is 1.75. The van der Waals surface area contributed by atoms with Crippen molar-refractivity contribution in [3.8, 4) is 17.2 Å². The molecule has 0 fully saturated rings. The van der Waals surface area contributed by atoms with Crippen LogP contribution in [-0.2, 0) is 18.6 Å². The molecule has 3 aromatic carbocycles. The summed E-state index contributed by atoms with van der Waals surface area (Å²) in [6.07, 6.45) is 0. The lowest BCUT2D eigenvalue weighted by Crippen LogP contribution is -2.09. The molecular formula is C22H22NO7PS2. The fraction of sp³-hybridized carbons (Fsp3) is 0.136. The van der Waals surface area contributed by atoms with E-state index < -0.39 is 7.82 Å². The van der Waals surface area contributed by atoms with Gasteiger partial charge in [-0.2, -0.15) is 0 Å². The average molecular weight is 508 g/mol. The van der Waals surface area contributed by atoms with Crippen molar-refractivity contribution < 1.29 is 33.3 Å². The minimum Gasteiger partial charge on any atom is -0.338 e. The zero-order valence-corrected chi connectivity index (χ0v) is 20.6. The summed E-state index contributed by atoms with van der Waals surface area (Å²) >= 11 is 9.02. The Labute approximate surface area is 202 Å². The molecule has 8 nitrogen and oxygen atoms in total. The highest BCUT2D eigenvalue weighted by atomic mass is 32.1. The molecule has 0 heterocycles. The normalized spacial score (nSPS) is 11.0. The van der Waals surface area contributed by atoms with E-state index in [9.17, 15) is 4.57 Å². The number of rotatable bonds is 10. The third-order valence-electron chi connectivity index (χ3n) is 4.09. The molecule has 11 heteroatoms. The van der Waals surface area contributed by atoms with Crippen LogP contribution < -0.4 is 20.0 Å². The van der Waals surface area contributed by atoms with Crippen LogP contribution in [0.3, 0.4) is 0 Å². The first-order chi connectivity index (χ1) is 15.7. The van der Waals surface area contributed by atoms with Gasteiger partial charge in [-0.05, 0) is 62.7 Å². The van der Waals surface area contributed by atoms with Gasteiger partial charge < -0.3 is 20.0 Å². The summed E-state index contributed by atoms with van der Waals surface area (Å²) in [6.45, 7) is 5.70. The molecule has 0 radical (unpaired) electrons. The lowest BCUT2D eigenvalue weighted by Gasteiger charge is -2.16. The Morgan fingerprint density at radius 3 is 1.70 bits per heavy atom. The fourth-order valence-electron chi connectivity index (χ4n) is 2.42. The Kier molecular flexibility index (Phi) is 8.74. The maximum Gasteiger partial charge on any atom is 0.583 e. The van der Waals surface area contributed by atoms with E-state index in [1.807, 2.05) is 20.8 Å². The van der Waals surface area contributed by atoms with Gasteiger partial charge in [0, 0.05) is 0 Å². The second-order valence-corrected chi connectivity index (χ2v) is 9.48. The van der Waals surface area contributed by atoms with Crippen LogP contribution in [0.5, 0.6) is 17.2 Å². The van der Waals surface area contributed by atoms with E-state index in [2.05, 4.69) is 17.9 Å². The maximum absolute atomic E-state index is 13.2. The Morgan fingerprint density at radius 2 is 1.21 bits per heavy atom. The number of nitrogens with one attached hydrogen (secondary N) is 1. The van der Waals surface area contributed by atoms with Gasteiger partial charge in [-0.15, -0.1) is 12.6 Å². The molecule has 0 amide bonds. The summed E-state index contributed by atoms with van der Waals surface area (Å²) in [4.78, 5) is 15.5. The van der Waals surface area contributed by atoms with Crippen LogP contribution in [-0.4, -0.2) is 4.32 Å². The minimum absolute atomic E-state index is 0.148. The summed E-state index contributed by atoms with van der Waals surface area (Å²) in [5.41, 5.74) is 3.35. The van der Waals surface area contributed by atoms with Crippen LogP contribution in [0.4, 0.5) is 5.69 Å². The summed E-state index contributed by atoms with van der Waals surface area (Å²) < 4.78 is 28.3. The summed E-state index contributed by atoms with van der Waals surface area (Å²) in [5.74, 6) is 0.679. The summed E-state index contributed by atoms with van der Waals surface area (Å²) in [7, 11) is -4.55. The SMILES string of the molecule is Cc1ccc(OOP(=O)(OOc2ccc(C)cc2)OOc2ccc(C)cc2NC(=S)S)cc1. The zero-order valence-electron chi connectivity index (χ0n) is 18.0. The monoisotopic (exact) mass is 507 g/mol. The molecule has 0 spiro atoms. The lowest BCUT2D eigenvalue weighted by molar-refractivity contribution is -0.237. The Morgan fingerprint density at radius 1 is 0.758 bits per heavy atom. The van der Waals surface area contributed by atoms with Crippen molar-refractivity contribution in [3.05, 3.63) is 83.4 Å². The number of aryl methyl sites for hydroxylation is 3. The first-order valence-corrected chi connectivity index (χ1v) is 12.0. The lowest BCUT2D eigenvalue weighted by atomic mass is 10.2. The first-order valence-electron chi connectivity index (χ1n) is 9.65. The van der Waals surface area contributed by atoms with Crippen molar-refractivity contribution in [2.24, 2.45) is 0 Å². The van der Waals surface area contributed by atoms with E-state index in [4.69, 9.17) is 40.9 Å². The predicted molar refractivity (Wildman–Crippen MR) is 131 cm³/mol. The van der Waals surface area contributed by atoms with Crippen LogP contribution >= 0.6 is 32.7 Å². The van der Waals surface area contributed by atoms with Crippen molar-refractivity contribution >= 4 is 42.7 Å². The van der Waals surface area contributed by atoms with Gasteiger partial charge in [-0.25, -0.2) is 4.57 Å². The maximum atomic E-state index is 13.2. The van der Waals surface area contributed by atoms with Gasteiger partial charge in [-0.3, -0.25) is 0 Å². The van der Waals surface area contributed by atoms with Gasteiger partial charge >= 0.3 is 7.82 Å². The van der Waals surface area contributed by atoms with E-state index in [-0.39, 0.29) is 21.6 Å². The molecule has 1 N–H and O–H groups in total. The van der Waals surface area contributed by atoms with Crippen LogP contribution in [0, 0.1) is 20.8 Å². The molecule has 0 atom stereocenters. The van der Waals surface area contributed by atoms with Gasteiger partial charge in [0.15, 0.2) is 17.2 Å². The summed E-state index contributed by atoms with van der Waals surface area (Å²) in [6, 6.07) is 18.7. The molecule has 3 rings (SSSR count). The molecule has 3 aromatic rings. The van der Waals surface area contributed by atoms with Crippen LogP contribution in [0.25, 0.3) is 0 Å². The topological polar surface area (TPSA) is 84.5 Å². The second-order valence-electron chi connectivity index (χ2n) is 6.98. The average Bonchev–Trinajstić information content (AvgIpc) is 2.78. The van der Waals surface area contributed by atoms with Crippen LogP contribution in [0.2, 0.25) is 0 Å². The predicted octanol–water partition coefficient (Wildman–Crippen LogP) is 6.68. The molecule has 0 bridgehead atoms. The molecule has 0 unspecified atom stereocenters. The molecule has 0 aromatic heterocycles. The molecule has 33 heavy (non-hydrogen) atoms. The smallest absolute Gasteiger partial charge is 0.338 e. The van der Waals surface area contributed by atoms with Crippen molar-refractivity contribution in [2.75, 3.05) is 5.32 Å². The Hall–Kier alpha value is -2.59. The van der Waals surface area contributed by atoms with Crippen molar-refractivity contribution in [1.82, 2.24) is 0 Å². The molecular weight excluding hydrogens is 485 g/mol. The van der Waals surface area contributed by atoms with E-state index in [0.29, 0.717) is 5.69 Å². The van der Waals surface area contributed by atoms with Crippen LogP contribution in [0.1, 0.15) is 16.7 Å². The van der Waals surface area contributed by atoms with Gasteiger partial charge in [0.25, 0.3) is 0 Å². The second kappa shape index (κ2) is 11.5. The number of thiol groups is 1. The van der Waals surface area contributed by atoms with Gasteiger partial charge in [-0.1, -0.05) is 67.7 Å². The number of benzene rings is 3. The quantitative estimate of drug-likeness (QED) is 0.103. The zero-order chi connectivity index (χ0) is 23.8. The fourth-order valence-corrected chi connectivity index (χ4v) is 3.25. The summed E-state index contributed by atoms with van der Waals surface area (Å²) in [5, 5.41) is 2.83. The standard InChI is InChI=1S/C22H22NO7PS2/c1-15-4-9-18(10-5-15)25-28-31(24,29-26-19-11-6-16(2)7-12-19)30-27-21-13-8-17(3)14-20(21)23-22(32)33/h4-14H,1-3H3,(H2,23,32,33). The number of thiocarbonyl (C=S) groups is 1. The highest BCUT2D eigenvalue weighted by Crippen LogP contribution is 2.50. The largest absolute Gasteiger partial charge is 0.583 e. The molecule has 0 aliphatic heterocycles. The van der Waals surface area contributed by atoms with Gasteiger partial charge in [0.2, 0.25) is 0 Å². The Bertz CT molecular complexity index is 1090. The molecule has 0 saturated heterocycles. The van der Waals surface area contributed by atoms with Gasteiger partial charge in [0.05, 0.1) is 5.69 Å². The number of anilines is 1. The van der Waals surface area contributed by atoms with E-state index >= 15 is 0 Å². The number of hydrogen-bond acceptors (Lipinski definition) is 8. The number of hydrogen-bond donors (Lipinski definition) is 2. The first kappa shape index (κ1) is 25.0. The van der Waals surface area contributed by atoms with Crippen molar-refractivity contribution in [2.45, 2.75) is 20.8 Å². The van der Waals surface area contributed by atoms with Crippen LogP contribution in [0.15, 0.2) is 66.7 Å². The van der Waals surface area contributed by atoms with E-state index in [1.165, 1.54) is 0 Å². The third kappa shape index (κ3) is 8.04. The van der Waals surface area contributed by atoms with E-state index in [0.717, 1.165) is 16.7 Å². The third-order valence-corrected chi connectivity index (χ3v) is 5.07.